The lowest BCUT2D eigenvalue weighted by Gasteiger charge is -2.33. The van der Waals surface area contributed by atoms with Gasteiger partial charge in [-0.15, -0.1) is 0 Å². The van der Waals surface area contributed by atoms with E-state index >= 15 is 0 Å². The molecule has 1 heterocycles. The lowest BCUT2D eigenvalue weighted by Crippen LogP contribution is -2.58. The van der Waals surface area contributed by atoms with Crippen LogP contribution in [0.1, 0.15) is 90.9 Å². The van der Waals surface area contributed by atoms with Crippen molar-refractivity contribution in [3.8, 4) is 0 Å². The molecule has 12 N–H and O–H groups in total. The summed E-state index contributed by atoms with van der Waals surface area (Å²) in [4.78, 5) is 142. The molecular weight excluding hydrogens is 997 g/mol. The minimum atomic E-state index is -1.67. The first-order valence-electron chi connectivity index (χ1n) is 25.3. The first-order chi connectivity index (χ1) is 35.8. The van der Waals surface area contributed by atoms with Crippen LogP contribution in [0.4, 0.5) is 0 Å². The molecular formula is C46H82N10O19. The Labute approximate surface area is 436 Å². The number of Topliss-reactive ketones (excluding diaryl/α,β-unsaturated/α-hetero) is 1. The highest BCUT2D eigenvalue weighted by Gasteiger charge is 2.32. The molecule has 75 heavy (non-hydrogen) atoms. The number of carboxylic acid groups (broad SMARTS) is 3. The third kappa shape index (κ3) is 33.2. The van der Waals surface area contributed by atoms with Crippen LogP contribution < -0.4 is 31.9 Å². The van der Waals surface area contributed by atoms with Crippen molar-refractivity contribution in [1.29, 1.82) is 0 Å². The predicted octanol–water partition coefficient (Wildman–Crippen LogP) is -3.13. The van der Waals surface area contributed by atoms with Gasteiger partial charge >= 0.3 is 17.9 Å². The van der Waals surface area contributed by atoms with Crippen molar-refractivity contribution in [3.63, 3.8) is 0 Å². The fourth-order valence-electron chi connectivity index (χ4n) is 7.51. The van der Waals surface area contributed by atoms with Crippen LogP contribution in [-0.4, -0.2) is 252 Å². The number of unbranched alkanes of at least 4 members (excludes halogenated alkanes) is 1. The largest absolute Gasteiger partial charge is 0.481 e. The highest BCUT2D eigenvalue weighted by atomic mass is 17.1. The Morgan fingerprint density at radius 3 is 1.35 bits per heavy atom. The third-order valence-corrected chi connectivity index (χ3v) is 11.9. The van der Waals surface area contributed by atoms with Crippen LogP contribution in [0.15, 0.2) is 0 Å². The summed E-state index contributed by atoms with van der Waals surface area (Å²) in [6, 6.07) is -6.03. The van der Waals surface area contributed by atoms with Gasteiger partial charge in [0.05, 0.1) is 33.1 Å². The van der Waals surface area contributed by atoms with E-state index < -0.39 is 104 Å². The van der Waals surface area contributed by atoms with E-state index in [-0.39, 0.29) is 90.2 Å². The molecule has 0 bridgehead atoms. The highest BCUT2D eigenvalue weighted by Crippen LogP contribution is 2.09. The summed E-state index contributed by atoms with van der Waals surface area (Å²) < 4.78 is 5.50. The van der Waals surface area contributed by atoms with Gasteiger partial charge in [0.25, 0.3) is 0 Å². The molecule has 0 unspecified atom stereocenters. The molecule has 0 radical (unpaired) electrons. The second-order valence-corrected chi connectivity index (χ2v) is 17.9. The summed E-state index contributed by atoms with van der Waals surface area (Å²) in [7, 11) is 0. The maximum absolute atomic E-state index is 13.9. The van der Waals surface area contributed by atoms with E-state index in [2.05, 4.69) is 51.5 Å². The molecule has 1 rings (SSSR count). The molecule has 29 heteroatoms. The lowest BCUT2D eigenvalue weighted by molar-refractivity contribution is -0.245. The van der Waals surface area contributed by atoms with Crippen molar-refractivity contribution in [2.75, 3.05) is 118 Å². The van der Waals surface area contributed by atoms with Crippen LogP contribution in [0.25, 0.3) is 0 Å². The Balaban J connectivity index is 3.21. The molecule has 0 saturated carbocycles. The van der Waals surface area contributed by atoms with E-state index in [1.807, 2.05) is 9.80 Å². The molecule has 1 fully saturated rings. The van der Waals surface area contributed by atoms with Gasteiger partial charge < -0.3 is 61.9 Å². The van der Waals surface area contributed by atoms with Crippen LogP contribution in [0.5, 0.6) is 0 Å². The molecule has 0 aromatic carbocycles. The minimum Gasteiger partial charge on any atom is -0.481 e. The van der Waals surface area contributed by atoms with E-state index in [0.717, 1.165) is 0 Å². The number of nitrogens with zero attached hydrogens (tertiary/aromatic N) is 4. The number of ether oxygens (including phenoxy) is 1. The van der Waals surface area contributed by atoms with Crippen LogP contribution in [0.3, 0.4) is 0 Å². The average molecular weight is 1080 g/mol. The van der Waals surface area contributed by atoms with Crippen LogP contribution >= 0.6 is 0 Å². The number of hydrogen-bond acceptors (Lipinski definition) is 20. The Morgan fingerprint density at radius 2 is 0.920 bits per heavy atom. The summed E-state index contributed by atoms with van der Waals surface area (Å²) in [6.45, 7) is 8.30. The molecule has 0 spiro atoms. The number of aliphatic hydroxyl groups excluding tert-OH is 1. The smallest absolute Gasteiger partial charge is 0.303 e. The van der Waals surface area contributed by atoms with Crippen molar-refractivity contribution in [1.82, 2.24) is 51.5 Å². The minimum absolute atomic E-state index is 0.00429. The fourth-order valence-corrected chi connectivity index (χ4v) is 7.51. The van der Waals surface area contributed by atoms with Gasteiger partial charge in [-0.3, -0.25) is 73.3 Å². The Bertz CT molecular complexity index is 1770. The van der Waals surface area contributed by atoms with Crippen molar-refractivity contribution in [2.24, 2.45) is 0 Å². The van der Waals surface area contributed by atoms with Gasteiger partial charge in [0.1, 0.15) is 30.0 Å². The summed E-state index contributed by atoms with van der Waals surface area (Å²) >= 11 is 0. The van der Waals surface area contributed by atoms with Gasteiger partial charge in [0, 0.05) is 117 Å². The standard InChI is InChI=1S/C46H82N10O19/c1-3-38(59)49-35(9-12-40(61)62)44(68)51-37(11-14-42(65)66)46(70)52-36(10-13-41(63)64)45(69)50-34(43(67)48-16-28-73-27-6-7-33(2)58)8-4-5-15-47-39(60)31-55-21-19-53(25-29-74-71)17-18-54(26-30-75-72)20-23-56(32-57)24-22-55/h34-37,57,71-72H,3-32H2,1-2H3,(H,47,60)(H,48,67)(H,49,59)(H,50,69)(H,51,68)(H,52,70)(H,61,62)(H,63,64)(H,65,66)/t34-,35-,36-,37-/m0/s1. The topological polar surface area (TPSA) is 405 Å². The van der Waals surface area contributed by atoms with Gasteiger partial charge in [-0.1, -0.05) is 6.92 Å². The third-order valence-electron chi connectivity index (χ3n) is 11.9. The van der Waals surface area contributed by atoms with Gasteiger partial charge in [0.15, 0.2) is 0 Å². The number of amides is 6. The number of carboxylic acids is 3. The van der Waals surface area contributed by atoms with Crippen LogP contribution in [0, 0.1) is 0 Å². The number of carbonyl (C=O) groups is 10. The molecule has 0 aliphatic carbocycles. The van der Waals surface area contributed by atoms with Gasteiger partial charge in [-0.2, -0.15) is 0 Å². The van der Waals surface area contributed by atoms with E-state index in [1.165, 1.54) is 13.8 Å². The number of rotatable bonds is 39. The SMILES string of the molecule is CCC(=O)N[C@@H](CCC(=O)O)C(=O)N[C@@H](CCC(=O)O)C(=O)N[C@@H](CCC(=O)O)C(=O)N[C@@H](CCCCNC(=O)CN1CCN(CO)CCN(CCOO)CCN(CCOO)CC1)C(=O)NCCOCCCC(C)=O. The Kier molecular flexibility index (Phi) is 36.7. The average Bonchev–Trinajstić information content (AvgIpc) is 3.36. The highest BCUT2D eigenvalue weighted by molar-refractivity contribution is 5.96. The maximum atomic E-state index is 13.9. The molecule has 1 aliphatic heterocycles. The first-order valence-corrected chi connectivity index (χ1v) is 25.3. The zero-order valence-electron chi connectivity index (χ0n) is 43.3. The maximum Gasteiger partial charge on any atom is 0.303 e. The Morgan fingerprint density at radius 1 is 0.480 bits per heavy atom. The fraction of sp³-hybridized carbons (Fsp3) is 0.783. The number of aliphatic carboxylic acids is 3. The first kappa shape index (κ1) is 67.5. The Hall–Kier alpha value is -5.50. The number of aliphatic hydroxyl groups is 1. The number of carbonyl (C=O) groups excluding carboxylic acids is 7. The second-order valence-electron chi connectivity index (χ2n) is 17.9. The molecule has 0 aromatic heterocycles. The molecule has 29 nitrogen and oxygen atoms in total. The summed E-state index contributed by atoms with van der Waals surface area (Å²) in [5, 5.41) is 71.2. The monoisotopic (exact) mass is 1080 g/mol. The normalized spacial score (nSPS) is 15.9. The van der Waals surface area contributed by atoms with E-state index in [4.69, 9.17) is 15.3 Å². The van der Waals surface area contributed by atoms with Crippen LogP contribution in [0.2, 0.25) is 0 Å². The van der Waals surface area contributed by atoms with Crippen molar-refractivity contribution < 1.29 is 93.4 Å². The summed E-state index contributed by atoms with van der Waals surface area (Å²) in [5.41, 5.74) is 0. The number of hydrogen-bond donors (Lipinski definition) is 12. The molecule has 4 atom stereocenters. The lowest BCUT2D eigenvalue weighted by atomic mass is 10.0. The molecule has 0 aromatic rings. The van der Waals surface area contributed by atoms with E-state index in [1.54, 1.807) is 0 Å². The van der Waals surface area contributed by atoms with Crippen molar-refractivity contribution >= 4 is 59.1 Å². The van der Waals surface area contributed by atoms with Gasteiger partial charge in [-0.25, -0.2) is 9.78 Å². The van der Waals surface area contributed by atoms with Crippen molar-refractivity contribution in [2.45, 2.75) is 115 Å². The second kappa shape index (κ2) is 40.8. The molecule has 1 aliphatic rings. The number of ketones is 1. The zero-order chi connectivity index (χ0) is 56.0. The number of nitrogens with one attached hydrogen (secondary N) is 6. The van der Waals surface area contributed by atoms with E-state index in [9.17, 15) is 68.4 Å². The zero-order valence-corrected chi connectivity index (χ0v) is 43.3. The summed E-state index contributed by atoms with van der Waals surface area (Å²) in [6.07, 6.45) is -2.03. The molecule has 1 saturated heterocycles. The summed E-state index contributed by atoms with van der Waals surface area (Å²) in [5.74, 6) is -8.75. The molecule has 430 valence electrons. The van der Waals surface area contributed by atoms with Crippen LogP contribution in [-0.2, 0) is 62.5 Å². The molecule has 6 amide bonds. The van der Waals surface area contributed by atoms with Gasteiger partial charge in [-0.05, 0) is 51.9 Å². The predicted molar refractivity (Wildman–Crippen MR) is 264 cm³/mol. The van der Waals surface area contributed by atoms with E-state index in [0.29, 0.717) is 84.7 Å². The quantitative estimate of drug-likeness (QED) is 0.0164. The van der Waals surface area contributed by atoms with Gasteiger partial charge in [0.2, 0.25) is 35.4 Å². The van der Waals surface area contributed by atoms with Crippen molar-refractivity contribution in [3.05, 3.63) is 0 Å².